The molecule has 0 aliphatic rings. The highest BCUT2D eigenvalue weighted by Crippen LogP contribution is 2.39. The quantitative estimate of drug-likeness (QED) is 0.244. The third-order valence-corrected chi connectivity index (χ3v) is 4.64. The maximum Gasteiger partial charge on any atom is 0.344 e. The van der Waals surface area contributed by atoms with Crippen molar-refractivity contribution in [2.24, 2.45) is 15.9 Å². The van der Waals surface area contributed by atoms with E-state index < -0.39 is 22.7 Å². The van der Waals surface area contributed by atoms with E-state index in [1.54, 1.807) is 6.92 Å². The third-order valence-electron chi connectivity index (χ3n) is 3.79. The summed E-state index contributed by atoms with van der Waals surface area (Å²) >= 11 is 1.30. The Morgan fingerprint density at radius 1 is 1.35 bits per heavy atom. The van der Waals surface area contributed by atoms with Crippen molar-refractivity contribution in [3.05, 3.63) is 63.7 Å². The molecule has 0 aromatic heterocycles. The van der Waals surface area contributed by atoms with Crippen LogP contribution in [0.2, 0.25) is 0 Å². The van der Waals surface area contributed by atoms with Gasteiger partial charge in [-0.05, 0) is 25.5 Å². The van der Waals surface area contributed by atoms with Crippen LogP contribution in [0.25, 0.3) is 0 Å². The van der Waals surface area contributed by atoms with Gasteiger partial charge >= 0.3 is 11.7 Å². The van der Waals surface area contributed by atoms with Crippen molar-refractivity contribution >= 4 is 34.8 Å². The molecule has 0 saturated carbocycles. The van der Waals surface area contributed by atoms with Gasteiger partial charge in [-0.1, -0.05) is 42.1 Å². The number of rotatable bonds is 10. The number of nitrogens with two attached hydrogens (primary N) is 1. The van der Waals surface area contributed by atoms with Crippen LogP contribution in [0.3, 0.4) is 0 Å². The molecule has 10 nitrogen and oxygen atoms in total. The molecule has 0 aliphatic carbocycles. The number of carbonyl (C=O) groups is 1. The summed E-state index contributed by atoms with van der Waals surface area (Å²) in [5.74, 6) is -0.874. The van der Waals surface area contributed by atoms with Crippen molar-refractivity contribution in [3.63, 3.8) is 0 Å². The van der Waals surface area contributed by atoms with Crippen molar-refractivity contribution in [1.82, 2.24) is 0 Å². The van der Waals surface area contributed by atoms with E-state index in [2.05, 4.69) is 10.2 Å². The lowest BCUT2D eigenvalue weighted by Gasteiger charge is -2.15. The molecule has 3 N–H and O–H groups in total. The first kappa shape index (κ1) is 23.7. The predicted molar refractivity (Wildman–Crippen MR) is 119 cm³/mol. The lowest BCUT2D eigenvalue weighted by Crippen LogP contribution is -2.23. The van der Waals surface area contributed by atoms with Gasteiger partial charge in [-0.2, -0.15) is 5.10 Å². The number of carboxylic acid groups (broad SMARTS) is 1. The topological polar surface area (TPSA) is 150 Å². The third kappa shape index (κ3) is 7.30. The summed E-state index contributed by atoms with van der Waals surface area (Å²) in [6, 6.07) is 12.3. The van der Waals surface area contributed by atoms with Crippen LogP contribution in [0.4, 0.5) is 5.69 Å². The van der Waals surface area contributed by atoms with Gasteiger partial charge in [0, 0.05) is 17.4 Å². The number of nitrogens with zero attached hydrogens (tertiary/aromatic N) is 3. The second-order valence-electron chi connectivity index (χ2n) is 6.11. The minimum absolute atomic E-state index is 0.0293. The zero-order valence-electron chi connectivity index (χ0n) is 16.9. The second kappa shape index (κ2) is 11.6. The van der Waals surface area contributed by atoms with Crippen LogP contribution >= 0.6 is 11.8 Å². The summed E-state index contributed by atoms with van der Waals surface area (Å²) in [5, 5.41) is 28.6. The summed E-state index contributed by atoms with van der Waals surface area (Å²) in [7, 11) is 0. The monoisotopic (exact) mass is 446 g/mol. The number of benzene rings is 2. The Balaban J connectivity index is 2.23. The van der Waals surface area contributed by atoms with Crippen molar-refractivity contribution in [2.75, 3.05) is 6.61 Å². The molecule has 11 heteroatoms. The van der Waals surface area contributed by atoms with Crippen molar-refractivity contribution in [2.45, 2.75) is 25.7 Å². The molecule has 0 bridgehead atoms. The first-order valence-corrected chi connectivity index (χ1v) is 10.2. The maximum atomic E-state index is 11.5. The Morgan fingerprint density at radius 2 is 2.06 bits per heavy atom. The molecule has 0 aliphatic heterocycles. The molecule has 1 unspecified atom stereocenters. The molecule has 2 aromatic carbocycles. The largest absolute Gasteiger partial charge is 0.490 e. The number of nitro groups is 1. The first-order valence-electron chi connectivity index (χ1n) is 9.19. The second-order valence-corrected chi connectivity index (χ2v) is 7.11. The summed E-state index contributed by atoms with van der Waals surface area (Å²) in [4.78, 5) is 21.9. The maximum absolute atomic E-state index is 11.5. The van der Waals surface area contributed by atoms with Crippen LogP contribution in [0.1, 0.15) is 25.0 Å². The molecule has 31 heavy (non-hydrogen) atoms. The van der Waals surface area contributed by atoms with E-state index in [1.807, 2.05) is 30.3 Å². The minimum Gasteiger partial charge on any atom is -0.490 e. The molecular weight excluding hydrogens is 424 g/mol. The van der Waals surface area contributed by atoms with Gasteiger partial charge in [0.15, 0.2) is 17.0 Å². The molecule has 0 amide bonds. The minimum atomic E-state index is -1.30. The molecule has 2 aromatic rings. The number of thioether (sulfide) groups is 1. The van der Waals surface area contributed by atoms with E-state index >= 15 is 0 Å². The highest BCUT2D eigenvalue weighted by molar-refractivity contribution is 8.13. The van der Waals surface area contributed by atoms with E-state index in [4.69, 9.17) is 20.3 Å². The number of carboxylic acids is 1. The van der Waals surface area contributed by atoms with E-state index in [9.17, 15) is 14.9 Å². The first-order chi connectivity index (χ1) is 14.8. The summed E-state index contributed by atoms with van der Waals surface area (Å²) in [6.45, 7) is 3.14. The van der Waals surface area contributed by atoms with Crippen LogP contribution < -0.4 is 15.2 Å². The fraction of sp³-hybridized carbons (Fsp3) is 0.250. The van der Waals surface area contributed by atoms with Gasteiger partial charge in [0.25, 0.3) is 0 Å². The van der Waals surface area contributed by atoms with Crippen LogP contribution in [0.15, 0.2) is 52.7 Å². The van der Waals surface area contributed by atoms with Gasteiger partial charge in [0.1, 0.15) is 0 Å². The van der Waals surface area contributed by atoms with E-state index in [0.29, 0.717) is 11.3 Å². The number of aliphatic carboxylic acids is 1. The summed E-state index contributed by atoms with van der Waals surface area (Å²) in [6.07, 6.45) is -0.0148. The van der Waals surface area contributed by atoms with Crippen molar-refractivity contribution in [1.29, 1.82) is 0 Å². The van der Waals surface area contributed by atoms with Gasteiger partial charge in [-0.15, -0.1) is 5.10 Å². The zero-order chi connectivity index (χ0) is 22.8. The Hall–Kier alpha value is -3.60. The molecule has 0 heterocycles. The normalized spacial score (nSPS) is 12.5. The van der Waals surface area contributed by atoms with Gasteiger partial charge < -0.3 is 20.3 Å². The SMILES string of the molecule is CCOc1cc(C=NN=C(N)SCc2ccccc2)cc([N+](=O)[O-])c1OC(C)C(=O)O. The number of hydrogen-bond donors (Lipinski definition) is 2. The lowest BCUT2D eigenvalue weighted by atomic mass is 10.1. The summed E-state index contributed by atoms with van der Waals surface area (Å²) in [5.41, 5.74) is 6.79. The van der Waals surface area contributed by atoms with Gasteiger partial charge in [0.2, 0.25) is 5.75 Å². The average Bonchev–Trinajstić information content (AvgIpc) is 2.74. The zero-order valence-corrected chi connectivity index (χ0v) is 17.7. The molecular formula is C20H22N4O6S. The molecule has 0 radical (unpaired) electrons. The van der Waals surface area contributed by atoms with E-state index in [0.717, 1.165) is 5.56 Å². The molecule has 164 valence electrons. The van der Waals surface area contributed by atoms with Gasteiger partial charge in [-0.25, -0.2) is 4.79 Å². The smallest absolute Gasteiger partial charge is 0.344 e. The number of hydrogen-bond acceptors (Lipinski definition) is 8. The molecule has 0 spiro atoms. The van der Waals surface area contributed by atoms with Crippen LogP contribution in [-0.2, 0) is 10.5 Å². The van der Waals surface area contributed by atoms with E-state index in [1.165, 1.54) is 37.0 Å². The van der Waals surface area contributed by atoms with Crippen LogP contribution in [0, 0.1) is 10.1 Å². The van der Waals surface area contributed by atoms with Gasteiger partial charge in [-0.3, -0.25) is 10.1 Å². The average molecular weight is 446 g/mol. The highest BCUT2D eigenvalue weighted by Gasteiger charge is 2.26. The molecule has 0 fully saturated rings. The standard InChI is InChI=1S/C20H22N4O6S/c1-3-29-17-10-15(9-16(24(27)28)18(17)30-13(2)19(25)26)11-22-23-20(21)31-12-14-7-5-4-6-8-14/h4-11,13H,3,12H2,1-2H3,(H2,21,23)(H,25,26). The molecule has 2 rings (SSSR count). The number of nitro benzene ring substituents is 1. The Kier molecular flexibility index (Phi) is 8.82. The fourth-order valence-electron chi connectivity index (χ4n) is 2.34. The van der Waals surface area contributed by atoms with E-state index in [-0.39, 0.29) is 23.3 Å². The Labute approximate surface area is 182 Å². The van der Waals surface area contributed by atoms with Crippen LogP contribution in [0.5, 0.6) is 11.5 Å². The lowest BCUT2D eigenvalue weighted by molar-refractivity contribution is -0.386. The Bertz CT molecular complexity index is 981. The fourth-order valence-corrected chi connectivity index (χ4v) is 2.95. The van der Waals surface area contributed by atoms with Crippen LogP contribution in [-0.4, -0.2) is 40.1 Å². The molecule has 0 saturated heterocycles. The number of ether oxygens (including phenoxy) is 2. The number of amidine groups is 1. The summed E-state index contributed by atoms with van der Waals surface area (Å²) < 4.78 is 10.7. The van der Waals surface area contributed by atoms with Crippen molar-refractivity contribution in [3.8, 4) is 11.5 Å². The Morgan fingerprint density at radius 3 is 2.68 bits per heavy atom. The van der Waals surface area contributed by atoms with Gasteiger partial charge in [0.05, 0.1) is 17.7 Å². The highest BCUT2D eigenvalue weighted by atomic mass is 32.2. The molecule has 1 atom stereocenters. The van der Waals surface area contributed by atoms with Crippen molar-refractivity contribution < 1.29 is 24.3 Å². The predicted octanol–water partition coefficient (Wildman–Crippen LogP) is 3.43.